The van der Waals surface area contributed by atoms with Crippen molar-refractivity contribution in [2.24, 2.45) is 0 Å². The van der Waals surface area contributed by atoms with Gasteiger partial charge in [0.1, 0.15) is 0 Å². The molecule has 0 aliphatic rings. The summed E-state index contributed by atoms with van der Waals surface area (Å²) in [6, 6.07) is -0.612. The van der Waals surface area contributed by atoms with Crippen LogP contribution in [-0.4, -0.2) is 34.9 Å². The quantitative estimate of drug-likeness (QED) is 0.0441. The molecule has 0 aromatic rings. The number of aliphatic hydroxyl groups is 2. The van der Waals surface area contributed by atoms with Crippen LogP contribution in [0.25, 0.3) is 0 Å². The summed E-state index contributed by atoms with van der Waals surface area (Å²) in [5, 5.41) is 22.5. The number of nitrogens with one attached hydrogen (secondary N) is 1. The monoisotopic (exact) mass is 692 g/mol. The lowest BCUT2D eigenvalue weighted by Crippen LogP contribution is -2.45. The van der Waals surface area contributed by atoms with Gasteiger partial charge in [-0.1, -0.05) is 244 Å². The third-order valence-electron chi connectivity index (χ3n) is 10.5. The number of rotatable bonds is 41. The van der Waals surface area contributed by atoms with Crippen LogP contribution in [0.3, 0.4) is 0 Å². The number of carbonyl (C=O) groups excluding carboxylic acids is 1. The van der Waals surface area contributed by atoms with Gasteiger partial charge < -0.3 is 15.5 Å². The summed E-state index contributed by atoms with van der Waals surface area (Å²) in [5.41, 5.74) is 0. The predicted molar refractivity (Wildman–Crippen MR) is 216 cm³/mol. The molecule has 0 aliphatic carbocycles. The molecule has 292 valence electrons. The minimum atomic E-state index is -0.830. The van der Waals surface area contributed by atoms with Gasteiger partial charge in [0.05, 0.1) is 18.8 Å². The fourth-order valence-corrected chi connectivity index (χ4v) is 7.05. The molecule has 2 atom stereocenters. The third-order valence-corrected chi connectivity index (χ3v) is 10.5. The van der Waals surface area contributed by atoms with Crippen LogP contribution in [0.1, 0.15) is 251 Å². The number of carbonyl (C=O) groups is 1. The molecule has 1 amide bonds. The lowest BCUT2D eigenvalue weighted by Gasteiger charge is -2.19. The summed E-state index contributed by atoms with van der Waals surface area (Å²) < 4.78 is 0. The Hall–Kier alpha value is -0.870. The first kappa shape index (κ1) is 48.1. The van der Waals surface area contributed by atoms with Crippen LogP contribution >= 0.6 is 0 Å². The van der Waals surface area contributed by atoms with E-state index in [-0.39, 0.29) is 12.5 Å². The molecule has 0 radical (unpaired) electrons. The normalized spacial score (nSPS) is 13.0. The molecule has 0 fully saturated rings. The van der Waals surface area contributed by atoms with Crippen LogP contribution in [0.2, 0.25) is 0 Å². The second-order valence-corrected chi connectivity index (χ2v) is 15.5. The molecule has 0 saturated heterocycles. The third kappa shape index (κ3) is 38.2. The van der Waals surface area contributed by atoms with Crippen molar-refractivity contribution in [2.45, 2.75) is 264 Å². The van der Waals surface area contributed by atoms with Crippen molar-refractivity contribution in [3.05, 3.63) is 12.2 Å². The maximum atomic E-state index is 12.2. The van der Waals surface area contributed by atoms with Crippen LogP contribution < -0.4 is 5.32 Å². The van der Waals surface area contributed by atoms with Gasteiger partial charge in [-0.3, -0.25) is 4.79 Å². The van der Waals surface area contributed by atoms with E-state index in [2.05, 4.69) is 19.2 Å². The second-order valence-electron chi connectivity index (χ2n) is 15.5. The molecule has 0 heterocycles. The molecule has 3 N–H and O–H groups in total. The van der Waals surface area contributed by atoms with Crippen molar-refractivity contribution >= 4 is 5.91 Å². The van der Waals surface area contributed by atoms with Crippen LogP contribution in [0.4, 0.5) is 0 Å². The molecule has 4 nitrogen and oxygen atoms in total. The van der Waals surface area contributed by atoms with E-state index >= 15 is 0 Å². The zero-order valence-corrected chi connectivity index (χ0v) is 33.5. The van der Waals surface area contributed by atoms with Gasteiger partial charge in [-0.25, -0.2) is 0 Å². The van der Waals surface area contributed by atoms with E-state index in [1.165, 1.54) is 199 Å². The summed E-state index contributed by atoms with van der Waals surface area (Å²) in [6.45, 7) is 4.19. The number of hydrogen-bond acceptors (Lipinski definition) is 3. The van der Waals surface area contributed by atoms with E-state index < -0.39 is 12.1 Å². The number of amides is 1. The fourth-order valence-electron chi connectivity index (χ4n) is 7.05. The van der Waals surface area contributed by atoms with Gasteiger partial charge in [0, 0.05) is 6.42 Å². The van der Waals surface area contributed by atoms with Gasteiger partial charge in [-0.2, -0.15) is 0 Å². The highest BCUT2D eigenvalue weighted by Crippen LogP contribution is 2.17. The first-order valence-electron chi connectivity index (χ1n) is 22.4. The number of hydrogen-bond donors (Lipinski definition) is 3. The summed E-state index contributed by atoms with van der Waals surface area (Å²) in [7, 11) is 0. The van der Waals surface area contributed by atoms with Crippen molar-refractivity contribution in [1.29, 1.82) is 0 Å². The SMILES string of the molecule is CCCC/C=C/C(O)C(CO)NC(=O)CCCCCCCCCCCCCCCCCCCCCCCCCCCCCCCCCCC. The molecule has 0 bridgehead atoms. The van der Waals surface area contributed by atoms with E-state index in [4.69, 9.17) is 0 Å². The van der Waals surface area contributed by atoms with Gasteiger partial charge in [-0.05, 0) is 12.8 Å². The largest absolute Gasteiger partial charge is 0.394 e. The standard InChI is InChI=1S/C45H89NO3/c1-3-5-7-9-10-11-12-13-14-15-16-17-18-19-20-21-22-23-24-25-26-27-28-29-30-31-32-33-34-35-36-37-39-41-45(49)46-43(42-47)44(48)40-38-8-6-4-2/h38,40,43-44,47-48H,3-37,39,41-42H2,1-2H3,(H,46,49)/b40-38+. The minimum absolute atomic E-state index is 0.0687. The smallest absolute Gasteiger partial charge is 0.220 e. The van der Waals surface area contributed by atoms with Gasteiger partial charge in [-0.15, -0.1) is 0 Å². The van der Waals surface area contributed by atoms with E-state index in [1.807, 2.05) is 6.08 Å². The van der Waals surface area contributed by atoms with Crippen LogP contribution in [-0.2, 0) is 4.79 Å². The molecule has 49 heavy (non-hydrogen) atoms. The Morgan fingerprint density at radius 2 is 0.755 bits per heavy atom. The molecule has 0 aliphatic heterocycles. The molecular formula is C45H89NO3. The van der Waals surface area contributed by atoms with Crippen LogP contribution in [0.15, 0.2) is 12.2 Å². The zero-order chi connectivity index (χ0) is 35.7. The summed E-state index contributed by atoms with van der Waals surface area (Å²) in [5.74, 6) is -0.0687. The molecule has 0 rings (SSSR count). The lowest BCUT2D eigenvalue weighted by atomic mass is 10.0. The molecule has 0 saturated carbocycles. The molecule has 0 spiro atoms. The predicted octanol–water partition coefficient (Wildman–Crippen LogP) is 13.9. The minimum Gasteiger partial charge on any atom is -0.394 e. The first-order valence-corrected chi connectivity index (χ1v) is 22.4. The number of allylic oxidation sites excluding steroid dienone is 1. The molecule has 0 aromatic carbocycles. The maximum Gasteiger partial charge on any atom is 0.220 e. The Labute approximate surface area is 307 Å². The molecule has 4 heteroatoms. The molecular weight excluding hydrogens is 602 g/mol. The highest BCUT2D eigenvalue weighted by atomic mass is 16.3. The zero-order valence-electron chi connectivity index (χ0n) is 33.5. The van der Waals surface area contributed by atoms with Gasteiger partial charge in [0.2, 0.25) is 5.91 Å². The number of aliphatic hydroxyl groups excluding tert-OH is 2. The Morgan fingerprint density at radius 3 is 1.04 bits per heavy atom. The van der Waals surface area contributed by atoms with Crippen molar-refractivity contribution < 1.29 is 15.0 Å². The lowest BCUT2D eigenvalue weighted by molar-refractivity contribution is -0.123. The Balaban J connectivity index is 3.26. The average molecular weight is 692 g/mol. The fraction of sp³-hybridized carbons (Fsp3) is 0.933. The van der Waals surface area contributed by atoms with Gasteiger partial charge >= 0.3 is 0 Å². The van der Waals surface area contributed by atoms with E-state index in [0.29, 0.717) is 6.42 Å². The first-order chi connectivity index (χ1) is 24.2. The van der Waals surface area contributed by atoms with E-state index in [9.17, 15) is 15.0 Å². The number of unbranched alkanes of at least 4 members (excludes halogenated alkanes) is 34. The van der Waals surface area contributed by atoms with Crippen LogP contribution in [0, 0.1) is 0 Å². The topological polar surface area (TPSA) is 69.6 Å². The Morgan fingerprint density at radius 1 is 0.469 bits per heavy atom. The van der Waals surface area contributed by atoms with Gasteiger partial charge in [0.25, 0.3) is 0 Å². The van der Waals surface area contributed by atoms with Crippen molar-refractivity contribution in [2.75, 3.05) is 6.61 Å². The van der Waals surface area contributed by atoms with E-state index in [0.717, 1.165) is 32.1 Å². The van der Waals surface area contributed by atoms with Crippen molar-refractivity contribution in [3.63, 3.8) is 0 Å². The summed E-state index contributed by atoms with van der Waals surface area (Å²) in [4.78, 5) is 12.2. The van der Waals surface area contributed by atoms with Gasteiger partial charge in [0.15, 0.2) is 0 Å². The van der Waals surface area contributed by atoms with Crippen LogP contribution in [0.5, 0.6) is 0 Å². The maximum absolute atomic E-state index is 12.2. The van der Waals surface area contributed by atoms with Crippen molar-refractivity contribution in [3.8, 4) is 0 Å². The Bertz CT molecular complexity index is 666. The Kier molecular flexibility index (Phi) is 40.8. The highest BCUT2D eigenvalue weighted by molar-refractivity contribution is 5.76. The average Bonchev–Trinajstić information content (AvgIpc) is 3.11. The van der Waals surface area contributed by atoms with Crippen molar-refractivity contribution in [1.82, 2.24) is 5.32 Å². The summed E-state index contributed by atoms with van der Waals surface area (Å²) >= 11 is 0. The molecule has 2 unspecified atom stereocenters. The highest BCUT2D eigenvalue weighted by Gasteiger charge is 2.17. The summed E-state index contributed by atoms with van der Waals surface area (Å²) in [6.07, 6.45) is 52.6. The second kappa shape index (κ2) is 41.5. The molecule has 0 aromatic heterocycles. The van der Waals surface area contributed by atoms with E-state index in [1.54, 1.807) is 6.08 Å².